The Balaban J connectivity index is -0.000000637. The molecule has 0 aromatic carbocycles. The van der Waals surface area contributed by atoms with E-state index in [-0.39, 0.29) is 8.69 Å². The van der Waals surface area contributed by atoms with Gasteiger partial charge in [0.05, 0.1) is 6.61 Å². The number of rotatable bonds is 39. The average Bonchev–Trinajstić information content (AvgIpc) is 3.10. The van der Waals surface area contributed by atoms with Crippen molar-refractivity contribution in [3.05, 3.63) is 0 Å². The summed E-state index contributed by atoms with van der Waals surface area (Å²) < 4.78 is 14.7. The molecule has 0 bridgehead atoms. The van der Waals surface area contributed by atoms with E-state index in [2.05, 4.69) is 34.6 Å². The molecule has 0 aromatic heterocycles. The van der Waals surface area contributed by atoms with Gasteiger partial charge in [-0.05, 0) is 6.42 Å². The first-order chi connectivity index (χ1) is 23.7. The van der Waals surface area contributed by atoms with Crippen LogP contribution in [-0.2, 0) is 9.09 Å². The highest BCUT2D eigenvalue weighted by Gasteiger charge is 1.95. The maximum atomic E-state index is 10.00. The zero-order chi connectivity index (χ0) is 35.7. The molecule has 0 atom stereocenters. The molecule has 0 heterocycles. The van der Waals surface area contributed by atoms with Gasteiger partial charge in [0.1, 0.15) is 0 Å². The van der Waals surface area contributed by atoms with E-state index in [4.69, 9.17) is 4.52 Å². The van der Waals surface area contributed by atoms with Crippen molar-refractivity contribution in [2.24, 2.45) is 0 Å². The summed E-state index contributed by atoms with van der Waals surface area (Å²) in [5.41, 5.74) is 0. The third-order valence-electron chi connectivity index (χ3n) is 9.81. The van der Waals surface area contributed by atoms with E-state index in [0.717, 1.165) is 6.42 Å². The molecule has 2 nitrogen and oxygen atoms in total. The standard InChI is InChI=1S/C15H31O2P.2C15H32/c1-2-3-4-5-6-7-8-9-10-11-12-13-14-15-17-18-16;2*1-3-5-7-9-11-13-15-14-12-10-8-6-4-2/h2-15H2,1H3;2*3-15H2,1-2H3. The molecule has 0 aromatic rings. The number of hydrogen-bond donors (Lipinski definition) is 0. The van der Waals surface area contributed by atoms with Crippen LogP contribution in [0.15, 0.2) is 0 Å². The van der Waals surface area contributed by atoms with Crippen molar-refractivity contribution < 1.29 is 9.09 Å². The Morgan fingerprint density at radius 1 is 0.250 bits per heavy atom. The minimum absolute atomic E-state index is 0.173. The lowest BCUT2D eigenvalue weighted by Crippen LogP contribution is -1.86. The minimum Gasteiger partial charge on any atom is -0.294 e. The Morgan fingerprint density at radius 3 is 0.542 bits per heavy atom. The van der Waals surface area contributed by atoms with Gasteiger partial charge in [-0.25, -0.2) is 4.57 Å². The normalized spacial score (nSPS) is 10.9. The van der Waals surface area contributed by atoms with Crippen LogP contribution >= 0.6 is 8.69 Å². The molecule has 292 valence electrons. The molecule has 3 heteroatoms. The van der Waals surface area contributed by atoms with Gasteiger partial charge in [-0.1, -0.05) is 279 Å². The van der Waals surface area contributed by atoms with E-state index in [1.54, 1.807) is 0 Å². The van der Waals surface area contributed by atoms with Gasteiger partial charge in [-0.2, -0.15) is 0 Å². The van der Waals surface area contributed by atoms with Gasteiger partial charge >= 0.3 is 8.69 Å². The summed E-state index contributed by atoms with van der Waals surface area (Å²) in [6.07, 6.45) is 55.5. The summed E-state index contributed by atoms with van der Waals surface area (Å²) >= 11 is 0. The zero-order valence-corrected chi connectivity index (χ0v) is 35.4. The van der Waals surface area contributed by atoms with Gasteiger partial charge in [-0.3, -0.25) is 4.52 Å². The third-order valence-corrected chi connectivity index (χ3v) is 10.1. The molecular formula is C45H95O2P. The topological polar surface area (TPSA) is 26.3 Å². The molecule has 0 radical (unpaired) electrons. The molecule has 0 unspecified atom stereocenters. The molecule has 0 N–H and O–H groups in total. The summed E-state index contributed by atoms with van der Waals surface area (Å²) in [5, 5.41) is 0. The summed E-state index contributed by atoms with van der Waals surface area (Å²) in [5.74, 6) is 0. The largest absolute Gasteiger partial charge is 0.327 e. The fourth-order valence-electron chi connectivity index (χ4n) is 6.40. The summed E-state index contributed by atoms with van der Waals surface area (Å²) in [4.78, 5) is 0. The molecule has 0 aliphatic heterocycles. The maximum Gasteiger partial charge on any atom is 0.327 e. The van der Waals surface area contributed by atoms with Crippen molar-refractivity contribution in [1.29, 1.82) is 0 Å². The first kappa shape index (κ1) is 52.4. The van der Waals surface area contributed by atoms with Crippen LogP contribution in [0.2, 0.25) is 0 Å². The van der Waals surface area contributed by atoms with E-state index < -0.39 is 0 Å². The Morgan fingerprint density at radius 2 is 0.396 bits per heavy atom. The Bertz CT molecular complexity index is 447. The van der Waals surface area contributed by atoms with E-state index in [9.17, 15) is 4.57 Å². The predicted molar refractivity (Wildman–Crippen MR) is 222 cm³/mol. The van der Waals surface area contributed by atoms with Crippen LogP contribution in [-0.4, -0.2) is 6.61 Å². The van der Waals surface area contributed by atoms with Crippen LogP contribution in [0.4, 0.5) is 0 Å². The highest BCUT2D eigenvalue weighted by Crippen LogP contribution is 2.15. The highest BCUT2D eigenvalue weighted by molar-refractivity contribution is 7.17. The lowest BCUT2D eigenvalue weighted by atomic mass is 10.0. The van der Waals surface area contributed by atoms with Crippen molar-refractivity contribution in [1.82, 2.24) is 0 Å². The van der Waals surface area contributed by atoms with Crippen molar-refractivity contribution in [2.45, 2.75) is 285 Å². The maximum absolute atomic E-state index is 10.00. The lowest BCUT2D eigenvalue weighted by molar-refractivity contribution is 0.328. The molecule has 48 heavy (non-hydrogen) atoms. The van der Waals surface area contributed by atoms with Gasteiger partial charge in [0, 0.05) is 0 Å². The fraction of sp³-hybridized carbons (Fsp3) is 1.00. The third kappa shape index (κ3) is 61.3. The van der Waals surface area contributed by atoms with Crippen LogP contribution in [0.5, 0.6) is 0 Å². The van der Waals surface area contributed by atoms with Gasteiger partial charge < -0.3 is 0 Å². The van der Waals surface area contributed by atoms with Crippen LogP contribution in [0, 0.1) is 0 Å². The van der Waals surface area contributed by atoms with Crippen LogP contribution in [0.1, 0.15) is 285 Å². The summed E-state index contributed by atoms with van der Waals surface area (Å²) in [7, 11) is -0.173. The first-order valence-corrected chi connectivity index (χ1v) is 23.4. The molecule has 0 fully saturated rings. The van der Waals surface area contributed by atoms with Crippen LogP contribution in [0.25, 0.3) is 0 Å². The molecule has 0 rings (SSSR count). The second-order valence-corrected chi connectivity index (χ2v) is 15.3. The van der Waals surface area contributed by atoms with Crippen LogP contribution < -0.4 is 0 Å². The number of hydrogen-bond acceptors (Lipinski definition) is 2. The first-order valence-electron chi connectivity index (χ1n) is 22.7. The molecule has 0 aliphatic rings. The quantitative estimate of drug-likeness (QED) is 0.0472. The zero-order valence-electron chi connectivity index (χ0n) is 34.5. The molecule has 0 amide bonds. The van der Waals surface area contributed by atoms with Crippen molar-refractivity contribution in [3.63, 3.8) is 0 Å². The van der Waals surface area contributed by atoms with Crippen molar-refractivity contribution in [3.8, 4) is 0 Å². The molecule has 0 saturated carbocycles. The molecule has 0 saturated heterocycles. The van der Waals surface area contributed by atoms with Gasteiger partial charge in [0.25, 0.3) is 0 Å². The Hall–Kier alpha value is 0.0600. The molecule has 0 aliphatic carbocycles. The van der Waals surface area contributed by atoms with E-state index >= 15 is 0 Å². The summed E-state index contributed by atoms with van der Waals surface area (Å²) in [6.45, 7) is 12.1. The van der Waals surface area contributed by atoms with E-state index in [0.29, 0.717) is 6.61 Å². The SMILES string of the molecule is CCCCCCCCCCCCCCC.CCCCCCCCCCCCCCC.CCCCCCCCCCCCCCCOP=O. The fourth-order valence-corrected chi connectivity index (χ4v) is 6.61. The molecular weight excluding hydrogens is 603 g/mol. The van der Waals surface area contributed by atoms with Crippen LogP contribution in [0.3, 0.4) is 0 Å². The molecule has 0 spiro atoms. The predicted octanol–water partition coefficient (Wildman–Crippen LogP) is 18.5. The van der Waals surface area contributed by atoms with E-state index in [1.807, 2.05) is 0 Å². The second kappa shape index (κ2) is 56.4. The Kier molecular flexibility index (Phi) is 61.6. The highest BCUT2D eigenvalue weighted by atomic mass is 31.1. The Labute approximate surface area is 308 Å². The van der Waals surface area contributed by atoms with E-state index in [1.165, 1.54) is 244 Å². The monoisotopic (exact) mass is 699 g/mol. The average molecular weight is 699 g/mol. The van der Waals surface area contributed by atoms with Crippen molar-refractivity contribution >= 4 is 8.69 Å². The smallest absolute Gasteiger partial charge is 0.294 e. The van der Waals surface area contributed by atoms with Crippen molar-refractivity contribution in [2.75, 3.05) is 6.61 Å². The van der Waals surface area contributed by atoms with Gasteiger partial charge in [-0.15, -0.1) is 0 Å². The van der Waals surface area contributed by atoms with Gasteiger partial charge in [0.15, 0.2) is 0 Å². The number of unbranched alkanes of at least 4 members (excludes halogenated alkanes) is 36. The minimum atomic E-state index is -0.173. The van der Waals surface area contributed by atoms with Gasteiger partial charge in [0.2, 0.25) is 0 Å². The second-order valence-electron chi connectivity index (χ2n) is 14.9. The lowest BCUT2D eigenvalue weighted by Gasteiger charge is -2.02. The summed E-state index contributed by atoms with van der Waals surface area (Å²) in [6, 6.07) is 0.